The molecule has 0 bridgehead atoms. The fourth-order valence-electron chi connectivity index (χ4n) is 3.23. The van der Waals surface area contributed by atoms with Gasteiger partial charge in [0.15, 0.2) is 5.96 Å². The van der Waals surface area contributed by atoms with Crippen molar-refractivity contribution in [3.8, 4) is 5.75 Å². The van der Waals surface area contributed by atoms with E-state index < -0.39 is 0 Å². The van der Waals surface area contributed by atoms with Crippen molar-refractivity contribution in [2.24, 2.45) is 4.99 Å². The molecule has 6 heteroatoms. The van der Waals surface area contributed by atoms with Crippen LogP contribution in [-0.4, -0.2) is 31.8 Å². The first-order valence-corrected chi connectivity index (χ1v) is 9.97. The first-order valence-electron chi connectivity index (χ1n) is 9.97. The normalized spacial score (nSPS) is 17.0. The molecule has 2 N–H and O–H groups in total. The van der Waals surface area contributed by atoms with Crippen LogP contribution in [0.3, 0.4) is 0 Å². The highest BCUT2D eigenvalue weighted by atomic mass is 16.5. The fraction of sp³-hybridized carbons (Fsp3) is 0.500. The Morgan fingerprint density at radius 1 is 1.18 bits per heavy atom. The Bertz CT molecular complexity index is 807. The average Bonchev–Trinajstić information content (AvgIpc) is 3.28. The van der Waals surface area contributed by atoms with Crippen molar-refractivity contribution in [1.82, 2.24) is 10.6 Å². The minimum atomic E-state index is 0.134. The molecule has 1 fully saturated rings. The third-order valence-corrected chi connectivity index (χ3v) is 4.75. The Morgan fingerprint density at radius 3 is 2.71 bits per heavy atom. The number of benzene rings is 1. The average molecular weight is 386 g/mol. The highest BCUT2D eigenvalue weighted by molar-refractivity contribution is 5.79. The van der Waals surface area contributed by atoms with Crippen LogP contribution in [0, 0.1) is 20.8 Å². The molecular formula is C22H31N3O3. The molecule has 1 aliphatic heterocycles. The predicted octanol–water partition coefficient (Wildman–Crippen LogP) is 3.63. The van der Waals surface area contributed by atoms with Crippen LogP contribution in [0.4, 0.5) is 0 Å². The fourth-order valence-corrected chi connectivity index (χ4v) is 3.23. The largest absolute Gasteiger partial charge is 0.488 e. The van der Waals surface area contributed by atoms with Gasteiger partial charge in [-0.1, -0.05) is 12.1 Å². The van der Waals surface area contributed by atoms with Crippen molar-refractivity contribution in [3.63, 3.8) is 0 Å². The third-order valence-electron chi connectivity index (χ3n) is 4.75. The summed E-state index contributed by atoms with van der Waals surface area (Å²) in [6.45, 7) is 11.5. The highest BCUT2D eigenvalue weighted by Gasteiger charge is 2.18. The van der Waals surface area contributed by atoms with Crippen LogP contribution in [-0.2, 0) is 17.8 Å². The standard InChI is InChI=1S/C22H31N3O3/c1-5-23-22(25-13-19-11-16(3)27-17(19)4)24-12-18-7-6-15(2)10-21(18)28-20-8-9-26-14-20/h6-7,10-11,20H,5,8-9,12-14H2,1-4H3,(H2,23,24,25). The van der Waals surface area contributed by atoms with Crippen molar-refractivity contribution in [2.75, 3.05) is 19.8 Å². The number of hydrogen-bond donors (Lipinski definition) is 2. The molecule has 6 nitrogen and oxygen atoms in total. The van der Waals surface area contributed by atoms with Gasteiger partial charge in [-0.05, 0) is 45.4 Å². The van der Waals surface area contributed by atoms with E-state index in [9.17, 15) is 0 Å². The molecule has 1 saturated heterocycles. The second-order valence-electron chi connectivity index (χ2n) is 7.20. The lowest BCUT2D eigenvalue weighted by Gasteiger charge is -2.18. The van der Waals surface area contributed by atoms with Crippen LogP contribution < -0.4 is 15.4 Å². The zero-order valence-electron chi connectivity index (χ0n) is 17.3. The summed E-state index contributed by atoms with van der Waals surface area (Å²) in [5, 5.41) is 6.72. The number of hydrogen-bond acceptors (Lipinski definition) is 4. The maximum atomic E-state index is 6.19. The number of guanidine groups is 1. The number of nitrogens with one attached hydrogen (secondary N) is 2. The number of aryl methyl sites for hydroxylation is 3. The van der Waals surface area contributed by atoms with Crippen LogP contribution in [0.25, 0.3) is 0 Å². The number of nitrogens with zero attached hydrogens (tertiary/aromatic N) is 1. The van der Waals surface area contributed by atoms with E-state index in [-0.39, 0.29) is 6.10 Å². The molecule has 1 atom stereocenters. The van der Waals surface area contributed by atoms with Crippen molar-refractivity contribution < 1.29 is 13.9 Å². The van der Waals surface area contributed by atoms with Gasteiger partial charge in [0.2, 0.25) is 0 Å². The lowest BCUT2D eigenvalue weighted by atomic mass is 10.1. The summed E-state index contributed by atoms with van der Waals surface area (Å²) in [7, 11) is 0. The first-order chi connectivity index (χ1) is 13.5. The van der Waals surface area contributed by atoms with E-state index in [2.05, 4.69) is 42.7 Å². The SMILES string of the molecule is CCNC(=NCc1cc(C)oc1C)NCc1ccc(C)cc1OC1CCOC1. The Kier molecular flexibility index (Phi) is 6.98. The molecule has 0 saturated carbocycles. The van der Waals surface area contributed by atoms with Crippen molar-refractivity contribution in [2.45, 2.75) is 53.3 Å². The van der Waals surface area contributed by atoms with E-state index in [0.717, 1.165) is 53.9 Å². The van der Waals surface area contributed by atoms with E-state index in [0.29, 0.717) is 19.7 Å². The Balaban J connectivity index is 1.67. The lowest BCUT2D eigenvalue weighted by Crippen LogP contribution is -2.37. The molecule has 152 valence electrons. The zero-order chi connectivity index (χ0) is 19.9. The van der Waals surface area contributed by atoms with E-state index in [1.807, 2.05) is 19.9 Å². The number of ether oxygens (including phenoxy) is 2. The van der Waals surface area contributed by atoms with Gasteiger partial charge in [0.1, 0.15) is 23.4 Å². The summed E-state index contributed by atoms with van der Waals surface area (Å²) >= 11 is 0. The second-order valence-corrected chi connectivity index (χ2v) is 7.20. The van der Waals surface area contributed by atoms with E-state index >= 15 is 0 Å². The summed E-state index contributed by atoms with van der Waals surface area (Å²) in [5.74, 6) is 3.53. The Hall–Kier alpha value is -2.47. The summed E-state index contributed by atoms with van der Waals surface area (Å²) in [6, 6.07) is 8.35. The highest BCUT2D eigenvalue weighted by Crippen LogP contribution is 2.24. The van der Waals surface area contributed by atoms with Crippen LogP contribution in [0.2, 0.25) is 0 Å². The Labute approximate surface area is 167 Å². The molecule has 1 unspecified atom stereocenters. The van der Waals surface area contributed by atoms with E-state index in [1.165, 1.54) is 5.56 Å². The van der Waals surface area contributed by atoms with Gasteiger partial charge in [-0.25, -0.2) is 4.99 Å². The van der Waals surface area contributed by atoms with Crippen LogP contribution in [0.5, 0.6) is 5.75 Å². The van der Waals surface area contributed by atoms with Crippen LogP contribution in [0.1, 0.15) is 41.6 Å². The molecule has 1 aromatic heterocycles. The van der Waals surface area contributed by atoms with E-state index in [1.54, 1.807) is 0 Å². The van der Waals surface area contributed by atoms with E-state index in [4.69, 9.17) is 18.9 Å². The van der Waals surface area contributed by atoms with Gasteiger partial charge in [0.25, 0.3) is 0 Å². The monoisotopic (exact) mass is 385 g/mol. The summed E-state index contributed by atoms with van der Waals surface area (Å²) in [4.78, 5) is 4.70. The lowest BCUT2D eigenvalue weighted by molar-refractivity contribution is 0.140. The van der Waals surface area contributed by atoms with Crippen LogP contribution >= 0.6 is 0 Å². The third kappa shape index (κ3) is 5.52. The molecule has 0 radical (unpaired) electrons. The van der Waals surface area contributed by atoms with Crippen LogP contribution in [0.15, 0.2) is 33.7 Å². The molecule has 28 heavy (non-hydrogen) atoms. The Morgan fingerprint density at radius 2 is 2.04 bits per heavy atom. The molecule has 1 aliphatic rings. The van der Waals surface area contributed by atoms with Crippen molar-refractivity contribution in [1.29, 1.82) is 0 Å². The van der Waals surface area contributed by atoms with Gasteiger partial charge in [0.05, 0.1) is 19.8 Å². The number of rotatable bonds is 7. The quantitative estimate of drug-likeness (QED) is 0.563. The molecule has 0 spiro atoms. The number of aliphatic imine (C=N–C) groups is 1. The molecule has 0 amide bonds. The van der Waals surface area contributed by atoms with Gasteiger partial charge >= 0.3 is 0 Å². The summed E-state index contributed by atoms with van der Waals surface area (Å²) < 4.78 is 17.2. The molecule has 3 rings (SSSR count). The van der Waals surface area contributed by atoms with Gasteiger partial charge < -0.3 is 24.5 Å². The molecular weight excluding hydrogens is 354 g/mol. The first kappa shape index (κ1) is 20.3. The topological polar surface area (TPSA) is 68.0 Å². The zero-order valence-corrected chi connectivity index (χ0v) is 17.3. The molecule has 1 aromatic carbocycles. The van der Waals surface area contributed by atoms with Gasteiger partial charge in [-0.15, -0.1) is 0 Å². The summed E-state index contributed by atoms with van der Waals surface area (Å²) in [5.41, 5.74) is 3.40. The maximum Gasteiger partial charge on any atom is 0.191 e. The smallest absolute Gasteiger partial charge is 0.191 e. The molecule has 2 heterocycles. The molecule has 2 aromatic rings. The van der Waals surface area contributed by atoms with Crippen molar-refractivity contribution >= 4 is 5.96 Å². The van der Waals surface area contributed by atoms with Gasteiger partial charge in [0, 0.05) is 30.6 Å². The van der Waals surface area contributed by atoms with Gasteiger partial charge in [-0.3, -0.25) is 0 Å². The minimum absolute atomic E-state index is 0.134. The summed E-state index contributed by atoms with van der Waals surface area (Å²) in [6.07, 6.45) is 1.07. The minimum Gasteiger partial charge on any atom is -0.488 e. The predicted molar refractivity (Wildman–Crippen MR) is 111 cm³/mol. The number of furan rings is 1. The maximum absolute atomic E-state index is 6.19. The second kappa shape index (κ2) is 9.64. The molecule has 0 aliphatic carbocycles. The van der Waals surface area contributed by atoms with Crippen molar-refractivity contribution in [3.05, 3.63) is 52.5 Å². The van der Waals surface area contributed by atoms with Gasteiger partial charge in [-0.2, -0.15) is 0 Å².